The van der Waals surface area contributed by atoms with E-state index in [-0.39, 0.29) is 0 Å². The van der Waals surface area contributed by atoms with Crippen LogP contribution >= 0.6 is 0 Å². The Morgan fingerprint density at radius 2 is 1.50 bits per heavy atom. The highest BCUT2D eigenvalue weighted by Gasteiger charge is 2.12. The molecular weight excluding hydrogens is 144 g/mol. The highest BCUT2D eigenvalue weighted by atomic mass is 14.2. The predicted octanol–water partition coefficient (Wildman–Crippen LogP) is 4.31. The molecule has 0 saturated heterocycles. The van der Waals surface area contributed by atoms with Gasteiger partial charge in [0.1, 0.15) is 0 Å². The van der Waals surface area contributed by atoms with Gasteiger partial charge in [-0.3, -0.25) is 0 Å². The minimum atomic E-state index is 0.838. The summed E-state index contributed by atoms with van der Waals surface area (Å²) in [5, 5.41) is 0. The third-order valence-corrected chi connectivity index (χ3v) is 2.63. The minimum Gasteiger partial charge on any atom is -0.0628 e. The first-order valence-corrected chi connectivity index (χ1v) is 5.37. The maximum Gasteiger partial charge on any atom is -0.0391 e. The summed E-state index contributed by atoms with van der Waals surface area (Å²) < 4.78 is 0. The minimum absolute atomic E-state index is 0.838. The number of hydrogen-bond donors (Lipinski definition) is 0. The molecule has 0 aromatic rings. The molecule has 0 aliphatic rings. The molecule has 0 nitrogen and oxygen atoms in total. The summed E-state index contributed by atoms with van der Waals surface area (Å²) in [5.41, 5.74) is 0. The Balaban J connectivity index is 3.63. The van der Waals surface area contributed by atoms with Gasteiger partial charge in [-0.25, -0.2) is 0 Å². The first kappa shape index (κ1) is 12.0. The molecule has 73 valence electrons. The Kier molecular flexibility index (Phi) is 6.51. The Morgan fingerprint density at radius 1 is 0.917 bits per heavy atom. The second-order valence-electron chi connectivity index (χ2n) is 4.62. The fourth-order valence-electron chi connectivity index (χ4n) is 1.62. The summed E-state index contributed by atoms with van der Waals surface area (Å²) in [6, 6.07) is 0. The van der Waals surface area contributed by atoms with Crippen molar-refractivity contribution in [1.29, 1.82) is 0 Å². The van der Waals surface area contributed by atoms with Gasteiger partial charge in [-0.15, -0.1) is 0 Å². The SMILES string of the molecule is [CH2]CCC(CCC(C)C)C(C)C. The van der Waals surface area contributed by atoms with Crippen molar-refractivity contribution in [3.8, 4) is 0 Å². The zero-order chi connectivity index (χ0) is 9.56. The van der Waals surface area contributed by atoms with Crippen LogP contribution in [0.15, 0.2) is 0 Å². The molecule has 0 bridgehead atoms. The fraction of sp³-hybridized carbons (Fsp3) is 0.917. The highest BCUT2D eigenvalue weighted by molar-refractivity contribution is 4.65. The van der Waals surface area contributed by atoms with Gasteiger partial charge in [0.25, 0.3) is 0 Å². The van der Waals surface area contributed by atoms with E-state index in [2.05, 4.69) is 34.6 Å². The van der Waals surface area contributed by atoms with Crippen molar-refractivity contribution in [1.82, 2.24) is 0 Å². The summed E-state index contributed by atoms with van der Waals surface area (Å²) in [5.74, 6) is 2.60. The van der Waals surface area contributed by atoms with Gasteiger partial charge in [0, 0.05) is 0 Å². The second kappa shape index (κ2) is 6.51. The van der Waals surface area contributed by atoms with Crippen molar-refractivity contribution in [3.05, 3.63) is 6.92 Å². The van der Waals surface area contributed by atoms with Gasteiger partial charge < -0.3 is 0 Å². The zero-order valence-electron chi connectivity index (χ0n) is 9.27. The van der Waals surface area contributed by atoms with Crippen LogP contribution in [-0.4, -0.2) is 0 Å². The van der Waals surface area contributed by atoms with E-state index in [4.69, 9.17) is 0 Å². The van der Waals surface area contributed by atoms with E-state index in [9.17, 15) is 0 Å². The molecule has 0 amide bonds. The van der Waals surface area contributed by atoms with E-state index in [1.165, 1.54) is 19.3 Å². The third-order valence-electron chi connectivity index (χ3n) is 2.63. The third kappa shape index (κ3) is 5.62. The largest absolute Gasteiger partial charge is 0.0628 e. The van der Waals surface area contributed by atoms with Crippen LogP contribution in [0.3, 0.4) is 0 Å². The van der Waals surface area contributed by atoms with Crippen molar-refractivity contribution in [2.75, 3.05) is 0 Å². The van der Waals surface area contributed by atoms with Crippen LogP contribution in [0.2, 0.25) is 0 Å². The molecule has 1 atom stereocenters. The first-order valence-electron chi connectivity index (χ1n) is 5.37. The normalized spacial score (nSPS) is 14.2. The van der Waals surface area contributed by atoms with Crippen LogP contribution in [0.5, 0.6) is 0 Å². The molecule has 0 rings (SSSR count). The van der Waals surface area contributed by atoms with Gasteiger partial charge in [0.05, 0.1) is 0 Å². The van der Waals surface area contributed by atoms with Crippen molar-refractivity contribution in [3.63, 3.8) is 0 Å². The summed E-state index contributed by atoms with van der Waals surface area (Å²) in [6.45, 7) is 13.2. The van der Waals surface area contributed by atoms with Crippen LogP contribution in [0.4, 0.5) is 0 Å². The lowest BCUT2D eigenvalue weighted by Crippen LogP contribution is -2.09. The summed E-state index contributed by atoms with van der Waals surface area (Å²) in [7, 11) is 0. The van der Waals surface area contributed by atoms with Crippen LogP contribution in [0.25, 0.3) is 0 Å². The van der Waals surface area contributed by atoms with Crippen molar-refractivity contribution in [2.24, 2.45) is 17.8 Å². The maximum atomic E-state index is 3.93. The molecule has 0 aromatic heterocycles. The lowest BCUT2D eigenvalue weighted by molar-refractivity contribution is 0.314. The van der Waals surface area contributed by atoms with E-state index in [1.54, 1.807) is 0 Å². The average Bonchev–Trinajstić information content (AvgIpc) is 1.96. The van der Waals surface area contributed by atoms with Crippen molar-refractivity contribution >= 4 is 0 Å². The number of hydrogen-bond acceptors (Lipinski definition) is 0. The van der Waals surface area contributed by atoms with Gasteiger partial charge >= 0.3 is 0 Å². The van der Waals surface area contributed by atoms with Gasteiger partial charge in [0.2, 0.25) is 0 Å². The maximum absolute atomic E-state index is 3.93. The quantitative estimate of drug-likeness (QED) is 0.556. The molecule has 0 heteroatoms. The van der Waals surface area contributed by atoms with E-state index in [1.807, 2.05) is 0 Å². The van der Waals surface area contributed by atoms with Crippen molar-refractivity contribution in [2.45, 2.75) is 53.4 Å². The number of rotatable bonds is 6. The van der Waals surface area contributed by atoms with E-state index < -0.39 is 0 Å². The average molecular weight is 169 g/mol. The second-order valence-corrected chi connectivity index (χ2v) is 4.62. The zero-order valence-corrected chi connectivity index (χ0v) is 9.27. The van der Waals surface area contributed by atoms with E-state index in [0.717, 1.165) is 24.2 Å². The van der Waals surface area contributed by atoms with Gasteiger partial charge in [-0.05, 0) is 24.2 Å². The van der Waals surface area contributed by atoms with Crippen LogP contribution in [-0.2, 0) is 0 Å². The predicted molar refractivity (Wildman–Crippen MR) is 57.0 cm³/mol. The Bertz CT molecular complexity index is 92.2. The smallest absolute Gasteiger partial charge is 0.0391 e. The van der Waals surface area contributed by atoms with Crippen LogP contribution in [0, 0.1) is 24.7 Å². The lowest BCUT2D eigenvalue weighted by atomic mass is 9.85. The Labute approximate surface area is 78.8 Å². The summed E-state index contributed by atoms with van der Waals surface area (Å²) in [6.07, 6.45) is 5.18. The fourth-order valence-corrected chi connectivity index (χ4v) is 1.62. The Morgan fingerprint density at radius 3 is 1.83 bits per heavy atom. The van der Waals surface area contributed by atoms with Crippen molar-refractivity contribution < 1.29 is 0 Å². The molecule has 0 spiro atoms. The van der Waals surface area contributed by atoms with Gasteiger partial charge in [-0.2, -0.15) is 0 Å². The molecule has 1 radical (unpaired) electrons. The molecule has 0 aromatic carbocycles. The molecule has 0 saturated carbocycles. The van der Waals surface area contributed by atoms with Crippen LogP contribution < -0.4 is 0 Å². The highest BCUT2D eigenvalue weighted by Crippen LogP contribution is 2.24. The molecule has 1 unspecified atom stereocenters. The summed E-state index contributed by atoms with van der Waals surface area (Å²) in [4.78, 5) is 0. The lowest BCUT2D eigenvalue weighted by Gasteiger charge is -2.20. The topological polar surface area (TPSA) is 0 Å². The molecule has 0 aliphatic carbocycles. The van der Waals surface area contributed by atoms with Crippen LogP contribution in [0.1, 0.15) is 53.4 Å². The molecule has 0 aliphatic heterocycles. The molecule has 0 fully saturated rings. The molecule has 12 heavy (non-hydrogen) atoms. The Hall–Kier alpha value is 0. The first-order chi connectivity index (χ1) is 5.57. The summed E-state index contributed by atoms with van der Waals surface area (Å²) >= 11 is 0. The van der Waals surface area contributed by atoms with E-state index in [0.29, 0.717) is 0 Å². The molecule has 0 N–H and O–H groups in total. The van der Waals surface area contributed by atoms with E-state index >= 15 is 0 Å². The molecule has 0 heterocycles. The van der Waals surface area contributed by atoms with Gasteiger partial charge in [-0.1, -0.05) is 53.9 Å². The molecular formula is C12H25. The monoisotopic (exact) mass is 169 g/mol. The van der Waals surface area contributed by atoms with Gasteiger partial charge in [0.15, 0.2) is 0 Å². The standard InChI is InChI=1S/C12H25/c1-6-7-12(11(4)5)9-8-10(2)3/h10-12H,1,6-9H2,2-5H3.